The third kappa shape index (κ3) is 6.88. The summed E-state index contributed by atoms with van der Waals surface area (Å²) in [4.78, 5) is 32.3. The van der Waals surface area contributed by atoms with Gasteiger partial charge in [-0.05, 0) is 44.2 Å². The molecule has 6 heterocycles. The zero-order valence-electron chi connectivity index (χ0n) is 29.0. The van der Waals surface area contributed by atoms with E-state index in [1.54, 1.807) is 68.9 Å². The number of halogens is 2. The molecule has 268 valence electrons. The van der Waals surface area contributed by atoms with Crippen LogP contribution in [0.5, 0.6) is 0 Å². The predicted molar refractivity (Wildman–Crippen MR) is 223 cm³/mol. The van der Waals surface area contributed by atoms with Gasteiger partial charge in [-0.15, -0.1) is 22.7 Å². The summed E-state index contributed by atoms with van der Waals surface area (Å²) >= 11 is 22.1. The molecule has 0 radical (unpaired) electrons. The number of benzene rings is 2. The van der Waals surface area contributed by atoms with Crippen LogP contribution in [-0.4, -0.2) is 23.2 Å². The first-order valence-electron chi connectivity index (χ1n) is 16.2. The van der Waals surface area contributed by atoms with Crippen LogP contribution in [0.1, 0.15) is 23.9 Å². The highest BCUT2D eigenvalue weighted by Crippen LogP contribution is 2.49. The first-order chi connectivity index (χ1) is 25.0. The molecule has 8 nitrogen and oxygen atoms in total. The van der Waals surface area contributed by atoms with Gasteiger partial charge in [0.1, 0.15) is 42.5 Å². The van der Waals surface area contributed by atoms with Crippen molar-refractivity contribution in [3.8, 4) is 0 Å². The Balaban J connectivity index is 0.000000162. The molecule has 0 aliphatic carbocycles. The van der Waals surface area contributed by atoms with Crippen LogP contribution < -0.4 is 48.4 Å². The molecule has 0 atom stereocenters. The van der Waals surface area contributed by atoms with E-state index in [1.807, 2.05) is 111 Å². The van der Waals surface area contributed by atoms with Gasteiger partial charge in [0, 0.05) is 37.1 Å². The normalized spacial score (nSPS) is 16.5. The van der Waals surface area contributed by atoms with E-state index in [4.69, 9.17) is 23.2 Å². The molecule has 0 saturated heterocycles. The lowest BCUT2D eigenvalue weighted by Crippen LogP contribution is -2.34. The van der Waals surface area contributed by atoms with Crippen molar-refractivity contribution >= 4 is 126 Å². The van der Waals surface area contributed by atoms with Crippen LogP contribution in [0, 0.1) is 0 Å². The van der Waals surface area contributed by atoms with Gasteiger partial charge in [0.25, 0.3) is 21.1 Å². The van der Waals surface area contributed by atoms with Crippen LogP contribution in [0.15, 0.2) is 78.9 Å². The lowest BCUT2D eigenvalue weighted by atomic mass is 10.3. The fraction of sp³-hybridized carbons (Fsp3) is 0.222. The van der Waals surface area contributed by atoms with E-state index in [0.717, 1.165) is 64.7 Å². The Hall–Kier alpha value is -3.08. The van der Waals surface area contributed by atoms with Crippen molar-refractivity contribution in [2.75, 3.05) is 23.9 Å². The van der Waals surface area contributed by atoms with Crippen molar-refractivity contribution in [1.82, 2.24) is 9.13 Å². The number of anilines is 2. The number of thiazole rings is 4. The quantitative estimate of drug-likeness (QED) is 0.228. The number of rotatable bonds is 4. The average Bonchev–Trinajstić information content (AvgIpc) is 3.97. The molecule has 0 N–H and O–H groups in total. The summed E-state index contributed by atoms with van der Waals surface area (Å²) in [5.41, 5.74) is 2.25. The number of nitrogens with zero attached hydrogens (tertiary/aromatic N) is 6. The zero-order valence-corrected chi connectivity index (χ0v) is 35.5. The number of aromatic nitrogens is 4. The second kappa shape index (κ2) is 15.3. The van der Waals surface area contributed by atoms with Crippen molar-refractivity contribution in [3.63, 3.8) is 0 Å². The molecule has 0 bridgehead atoms. The summed E-state index contributed by atoms with van der Waals surface area (Å²) in [7, 11) is 8.02. The molecule has 0 spiro atoms. The largest absolute Gasteiger partial charge is 0.337 e. The summed E-state index contributed by atoms with van der Waals surface area (Å²) in [6.45, 7) is 5.31. The van der Waals surface area contributed by atoms with Crippen LogP contribution in [0.2, 0.25) is 10.0 Å². The maximum atomic E-state index is 13.1. The first-order valence-corrected chi connectivity index (χ1v) is 22.0. The summed E-state index contributed by atoms with van der Waals surface area (Å²) in [6, 6.07) is 11.7. The van der Waals surface area contributed by atoms with Gasteiger partial charge in [0.15, 0.2) is 12.4 Å². The van der Waals surface area contributed by atoms with E-state index in [9.17, 15) is 9.59 Å². The molecular weight excluding hydrogens is 812 g/mol. The minimum absolute atomic E-state index is 0.0567. The lowest BCUT2D eigenvalue weighted by Gasteiger charge is -2.12. The number of hydrogen-bond donors (Lipinski definition) is 0. The molecule has 0 unspecified atom stereocenters. The lowest BCUT2D eigenvalue weighted by molar-refractivity contribution is -0.668. The van der Waals surface area contributed by atoms with Crippen LogP contribution in [-0.2, 0) is 27.2 Å². The molecule has 4 aromatic heterocycles. The van der Waals surface area contributed by atoms with E-state index >= 15 is 0 Å². The van der Waals surface area contributed by atoms with Crippen LogP contribution in [0.4, 0.5) is 11.4 Å². The summed E-state index contributed by atoms with van der Waals surface area (Å²) < 4.78 is 11.3. The van der Waals surface area contributed by atoms with Crippen molar-refractivity contribution in [1.29, 1.82) is 0 Å². The third-order valence-corrected chi connectivity index (χ3v) is 16.1. The smallest absolute Gasteiger partial charge is 0.271 e. The Bertz CT molecular complexity index is 2720. The minimum atomic E-state index is 0.0567. The topological polar surface area (TPSA) is 58.2 Å². The van der Waals surface area contributed by atoms with Gasteiger partial charge in [-0.25, -0.2) is 0 Å². The van der Waals surface area contributed by atoms with Crippen LogP contribution in [0.3, 0.4) is 0 Å². The van der Waals surface area contributed by atoms with E-state index in [-0.39, 0.29) is 11.1 Å². The SMILES string of the molecule is CCn1c(=O)/c(=C2\Sc3c(Cl)cccc3N2C)s/c1=C\c1scc[n+]1C.CCn1c(=O)/c(=C2\Sc3cc(Cl)ccc3N2C)s/c1=C\c1scc[n+]1C. The van der Waals surface area contributed by atoms with Gasteiger partial charge >= 0.3 is 0 Å². The Labute approximate surface area is 334 Å². The molecule has 16 heteroatoms. The Morgan fingerprint density at radius 3 is 1.77 bits per heavy atom. The maximum Gasteiger partial charge on any atom is 0.271 e. The van der Waals surface area contributed by atoms with Crippen molar-refractivity contribution in [2.45, 2.75) is 36.7 Å². The molecule has 8 rings (SSSR count). The molecule has 0 saturated carbocycles. The highest BCUT2D eigenvalue weighted by molar-refractivity contribution is 8.09. The highest BCUT2D eigenvalue weighted by atomic mass is 35.5. The van der Waals surface area contributed by atoms with E-state index in [2.05, 4.69) is 31.1 Å². The number of fused-ring (bicyclic) bond motifs is 2. The maximum absolute atomic E-state index is 13.1. The van der Waals surface area contributed by atoms with Gasteiger partial charge in [0.2, 0.25) is 0 Å². The van der Waals surface area contributed by atoms with E-state index in [1.165, 1.54) is 0 Å². The molecule has 2 aliphatic rings. The van der Waals surface area contributed by atoms with Gasteiger partial charge < -0.3 is 9.80 Å². The van der Waals surface area contributed by atoms with Crippen LogP contribution in [0.25, 0.3) is 22.2 Å². The molecule has 2 aliphatic heterocycles. The molecular formula is C36H34Cl2N6O2S6+2. The molecule has 6 aromatic rings. The summed E-state index contributed by atoms with van der Waals surface area (Å²) in [5.74, 6) is 0. The van der Waals surface area contributed by atoms with Gasteiger partial charge in [-0.2, -0.15) is 9.13 Å². The fourth-order valence-corrected chi connectivity index (χ4v) is 13.0. The Morgan fingerprint density at radius 1 is 0.731 bits per heavy atom. The second-order valence-corrected chi connectivity index (χ2v) is 18.6. The molecule has 52 heavy (non-hydrogen) atoms. The molecule has 2 aromatic carbocycles. The van der Waals surface area contributed by atoms with Gasteiger partial charge in [0.05, 0.1) is 44.2 Å². The van der Waals surface area contributed by atoms with Crippen molar-refractivity contribution < 1.29 is 9.13 Å². The summed E-state index contributed by atoms with van der Waals surface area (Å²) in [6.07, 6.45) is 8.22. The number of hydrogen-bond acceptors (Lipinski definition) is 10. The standard InChI is InChI=1S/2C18H17ClN3OS3/c1-4-22-15(10-14-20(2)7-8-24-14)26-16(17(22)23)18-21(3)12-6-5-11(19)9-13(12)25-18;1-4-22-14(10-13-20(2)8-9-24-13)25-16(17(22)23)18-21(3)12-7-5-6-11(19)15(12)26-18/h2*5-10H,4H2,1-3H3/q2*+1/b2*18-16+. The minimum Gasteiger partial charge on any atom is -0.337 e. The van der Waals surface area contributed by atoms with Crippen LogP contribution >= 0.6 is 92.1 Å². The third-order valence-electron chi connectivity index (χ3n) is 8.59. The van der Waals surface area contributed by atoms with Gasteiger partial charge in [-0.1, -0.05) is 75.5 Å². The van der Waals surface area contributed by atoms with Gasteiger partial charge in [-0.3, -0.25) is 18.7 Å². The second-order valence-electron chi connectivity index (χ2n) is 11.8. The summed E-state index contributed by atoms with van der Waals surface area (Å²) in [5, 5.41) is 9.67. The number of aryl methyl sites for hydroxylation is 2. The van der Waals surface area contributed by atoms with E-state index < -0.39 is 0 Å². The Kier molecular flexibility index (Phi) is 11.0. The highest BCUT2D eigenvalue weighted by Gasteiger charge is 2.27. The Morgan fingerprint density at radius 2 is 1.27 bits per heavy atom. The van der Waals surface area contributed by atoms with Crippen molar-refractivity contribution in [3.05, 3.63) is 119 Å². The fourth-order valence-electron chi connectivity index (χ4n) is 5.78. The predicted octanol–water partition coefficient (Wildman–Crippen LogP) is 5.21. The van der Waals surface area contributed by atoms with E-state index in [0.29, 0.717) is 18.1 Å². The average molecular weight is 846 g/mol. The molecule has 0 fully saturated rings. The molecule has 0 amide bonds. The number of thioether (sulfide) groups is 2. The first kappa shape index (κ1) is 37.2. The monoisotopic (exact) mass is 844 g/mol. The zero-order chi connectivity index (χ0) is 36.8. The van der Waals surface area contributed by atoms with Crippen molar-refractivity contribution in [2.24, 2.45) is 14.1 Å².